The second-order valence-corrected chi connectivity index (χ2v) is 1.90. The largest absolute Gasteiger partial charge is 0.394 e. The molecule has 12 heavy (non-hydrogen) atoms. The molecule has 6 heteroatoms. The Labute approximate surface area is 82.7 Å². The Kier molecular flexibility index (Phi) is 6.98. The average Bonchev–Trinajstić information content (AvgIpc) is 1.95. The number of carbonyl (C=O) groups excluding carboxylic acids is 1. The van der Waals surface area contributed by atoms with Crippen molar-refractivity contribution < 1.29 is 9.53 Å². The summed E-state index contributed by atoms with van der Waals surface area (Å²) in [5.74, 6) is -0.225. The second-order valence-electron chi connectivity index (χ2n) is 1.90. The summed E-state index contributed by atoms with van der Waals surface area (Å²) in [6.45, 7) is 0. The van der Waals surface area contributed by atoms with Gasteiger partial charge in [-0.05, 0) is 0 Å². The number of carbonyl (C=O) groups is 1. The van der Waals surface area contributed by atoms with Crippen LogP contribution in [0.15, 0.2) is 16.9 Å². The summed E-state index contributed by atoms with van der Waals surface area (Å²) in [5, 5.41) is 0. The number of ether oxygens (including phenoxy) is 1. The van der Waals surface area contributed by atoms with E-state index < -0.39 is 6.10 Å². The van der Waals surface area contributed by atoms with Gasteiger partial charge in [0.1, 0.15) is 0 Å². The van der Waals surface area contributed by atoms with Gasteiger partial charge in [-0.1, -0.05) is 0 Å². The van der Waals surface area contributed by atoms with Crippen LogP contribution in [0.2, 0.25) is 0 Å². The van der Waals surface area contributed by atoms with Crippen molar-refractivity contribution in [3.8, 4) is 0 Å². The molecule has 4 nitrogen and oxygen atoms in total. The highest BCUT2D eigenvalue weighted by Gasteiger charge is 2.19. The van der Waals surface area contributed by atoms with Crippen molar-refractivity contribution >= 4 is 36.8 Å². The maximum absolute atomic E-state index is 10.9. The Hall–Kier alpha value is -0.580. The van der Waals surface area contributed by atoms with Gasteiger partial charge in [0, 0.05) is 13.3 Å². The van der Waals surface area contributed by atoms with Gasteiger partial charge < -0.3 is 10.5 Å². The van der Waals surface area contributed by atoms with E-state index in [9.17, 15) is 4.79 Å². The Morgan fingerprint density at radius 2 is 2.17 bits per heavy atom. The lowest BCUT2D eigenvalue weighted by Crippen LogP contribution is -2.31. The van der Waals surface area contributed by atoms with Crippen LogP contribution in [0.5, 0.6) is 0 Å². The fourth-order valence-electron chi connectivity index (χ4n) is 0.665. The number of nitrogens with two attached hydrogens (primary N) is 1. The molecule has 0 saturated heterocycles. The van der Waals surface area contributed by atoms with Crippen molar-refractivity contribution in [2.24, 2.45) is 10.7 Å². The molecule has 0 aromatic rings. The molecule has 0 bridgehead atoms. The van der Waals surface area contributed by atoms with E-state index in [2.05, 4.69) is 4.99 Å². The van der Waals surface area contributed by atoms with Gasteiger partial charge in [-0.25, -0.2) is 0 Å². The maximum Gasteiger partial charge on any atom is 0.214 e. The molecule has 1 aliphatic rings. The number of hydrogen-bond donors (Lipinski definition) is 1. The molecule has 1 heterocycles. The number of nitrogens with zero attached hydrogens (tertiary/aromatic N) is 1. The third-order valence-electron chi connectivity index (χ3n) is 1.23. The minimum Gasteiger partial charge on any atom is -0.394 e. The fourth-order valence-corrected chi connectivity index (χ4v) is 0.665. The van der Waals surface area contributed by atoms with Crippen molar-refractivity contribution in [2.75, 3.05) is 7.11 Å². The van der Waals surface area contributed by atoms with Gasteiger partial charge in [0.15, 0.2) is 6.10 Å². The van der Waals surface area contributed by atoms with Gasteiger partial charge in [-0.3, -0.25) is 9.79 Å². The van der Waals surface area contributed by atoms with Crippen molar-refractivity contribution in [3.63, 3.8) is 0 Å². The molecule has 0 aliphatic carbocycles. The normalized spacial score (nSPS) is 20.6. The SMILES string of the molecule is COC1C=NC=C(N)C1=O.Cl.Cl. The fraction of sp³-hybridized carbons (Fsp3) is 0.333. The number of aliphatic imine (C=N–C) groups is 1. The second kappa shape index (κ2) is 5.99. The first kappa shape index (κ1) is 14.0. The highest BCUT2D eigenvalue weighted by atomic mass is 35.5. The zero-order valence-corrected chi connectivity index (χ0v) is 8.02. The van der Waals surface area contributed by atoms with E-state index in [0.29, 0.717) is 0 Å². The smallest absolute Gasteiger partial charge is 0.214 e. The molecule has 2 N–H and O–H groups in total. The Morgan fingerprint density at radius 3 is 2.58 bits per heavy atom. The van der Waals surface area contributed by atoms with Crippen molar-refractivity contribution in [1.29, 1.82) is 0 Å². The number of methoxy groups -OCH3 is 1. The molecule has 1 unspecified atom stereocenters. The zero-order valence-electron chi connectivity index (χ0n) is 6.39. The van der Waals surface area contributed by atoms with E-state index in [1.807, 2.05) is 0 Å². The van der Waals surface area contributed by atoms with Gasteiger partial charge >= 0.3 is 0 Å². The maximum atomic E-state index is 10.9. The molecule has 70 valence electrons. The Balaban J connectivity index is 0. The topological polar surface area (TPSA) is 64.7 Å². The molecule has 1 rings (SSSR count). The quantitative estimate of drug-likeness (QED) is 0.681. The van der Waals surface area contributed by atoms with Crippen molar-refractivity contribution in [1.82, 2.24) is 0 Å². The predicted octanol–water partition coefficient (Wildman–Crippen LogP) is 0.299. The molecular weight excluding hydrogens is 203 g/mol. The number of rotatable bonds is 1. The third kappa shape index (κ3) is 2.81. The van der Waals surface area contributed by atoms with Crippen molar-refractivity contribution in [2.45, 2.75) is 6.10 Å². The van der Waals surface area contributed by atoms with Crippen LogP contribution in [0.4, 0.5) is 0 Å². The van der Waals surface area contributed by atoms with Gasteiger partial charge in [0.05, 0.1) is 11.9 Å². The van der Waals surface area contributed by atoms with Gasteiger partial charge in [0.2, 0.25) is 5.78 Å². The molecule has 1 atom stereocenters. The molecule has 0 spiro atoms. The van der Waals surface area contributed by atoms with E-state index in [-0.39, 0.29) is 36.3 Å². The van der Waals surface area contributed by atoms with Crippen LogP contribution in [0.3, 0.4) is 0 Å². The van der Waals surface area contributed by atoms with Gasteiger partial charge in [0.25, 0.3) is 0 Å². The monoisotopic (exact) mass is 212 g/mol. The van der Waals surface area contributed by atoms with Crippen LogP contribution in [-0.2, 0) is 9.53 Å². The van der Waals surface area contributed by atoms with Crippen LogP contribution >= 0.6 is 24.8 Å². The first-order valence-electron chi connectivity index (χ1n) is 2.81. The summed E-state index contributed by atoms with van der Waals surface area (Å²) in [7, 11) is 1.44. The highest BCUT2D eigenvalue weighted by molar-refractivity contribution is 6.09. The molecule has 1 aliphatic heterocycles. The molecule has 0 aromatic heterocycles. The lowest BCUT2D eigenvalue weighted by atomic mass is 10.2. The zero-order chi connectivity index (χ0) is 7.56. The standard InChI is InChI=1S/C6H8N2O2.2ClH/c1-10-5-3-8-2-4(7)6(5)9;;/h2-3,5H,7H2,1H3;2*1H. The Morgan fingerprint density at radius 1 is 1.58 bits per heavy atom. The lowest BCUT2D eigenvalue weighted by molar-refractivity contribution is -0.121. The molecule has 0 aromatic carbocycles. The summed E-state index contributed by atoms with van der Waals surface area (Å²) >= 11 is 0. The van der Waals surface area contributed by atoms with E-state index in [0.717, 1.165) is 0 Å². The van der Waals surface area contributed by atoms with Gasteiger partial charge in [-0.15, -0.1) is 24.8 Å². The van der Waals surface area contributed by atoms with E-state index >= 15 is 0 Å². The number of ketones is 1. The van der Waals surface area contributed by atoms with E-state index in [4.69, 9.17) is 10.5 Å². The molecule has 0 fully saturated rings. The molecule has 0 amide bonds. The minimum absolute atomic E-state index is 0. The molecule has 0 saturated carbocycles. The van der Waals surface area contributed by atoms with Crippen molar-refractivity contribution in [3.05, 3.63) is 11.9 Å². The summed E-state index contributed by atoms with van der Waals surface area (Å²) < 4.78 is 4.75. The van der Waals surface area contributed by atoms with Crippen LogP contribution < -0.4 is 5.73 Å². The van der Waals surface area contributed by atoms with Crippen LogP contribution in [0, 0.1) is 0 Å². The molecular formula is C6H10Cl2N2O2. The number of halogens is 2. The van der Waals surface area contributed by atoms with Crippen LogP contribution in [-0.4, -0.2) is 25.2 Å². The number of hydrogen-bond acceptors (Lipinski definition) is 4. The van der Waals surface area contributed by atoms with E-state index in [1.54, 1.807) is 0 Å². The number of Topliss-reactive ketones (excluding diaryl/α,β-unsaturated/α-hetero) is 1. The van der Waals surface area contributed by atoms with Crippen LogP contribution in [0.1, 0.15) is 0 Å². The lowest BCUT2D eigenvalue weighted by Gasteiger charge is -2.10. The summed E-state index contributed by atoms with van der Waals surface area (Å²) in [6, 6.07) is 0. The first-order valence-corrected chi connectivity index (χ1v) is 2.81. The van der Waals surface area contributed by atoms with E-state index in [1.165, 1.54) is 19.5 Å². The average molecular weight is 213 g/mol. The van der Waals surface area contributed by atoms with Crippen LogP contribution in [0.25, 0.3) is 0 Å². The minimum atomic E-state index is -0.593. The predicted molar refractivity (Wildman–Crippen MR) is 51.1 cm³/mol. The van der Waals surface area contributed by atoms with Gasteiger partial charge in [-0.2, -0.15) is 0 Å². The summed E-state index contributed by atoms with van der Waals surface area (Å²) in [5.41, 5.74) is 5.41. The summed E-state index contributed by atoms with van der Waals surface area (Å²) in [4.78, 5) is 14.6. The Bertz CT molecular complexity index is 216. The third-order valence-corrected chi connectivity index (χ3v) is 1.23. The molecule has 0 radical (unpaired) electrons. The highest BCUT2D eigenvalue weighted by Crippen LogP contribution is 2.01. The first-order chi connectivity index (χ1) is 4.75. The summed E-state index contributed by atoms with van der Waals surface area (Å²) in [6.07, 6.45) is 2.14.